The van der Waals surface area contributed by atoms with Gasteiger partial charge in [-0.3, -0.25) is 44.4 Å². The Morgan fingerprint density at radius 2 is 0.900 bits per heavy atom. The van der Waals surface area contributed by atoms with Gasteiger partial charge in [0.25, 0.3) is 0 Å². The zero-order chi connectivity index (χ0) is 38.7. The molecule has 4 amide bonds. The van der Waals surface area contributed by atoms with Crippen LogP contribution in [0.15, 0.2) is 0 Å². The van der Waals surface area contributed by atoms with Gasteiger partial charge in [0.2, 0.25) is 23.6 Å². The predicted octanol–water partition coefficient (Wildman–Crippen LogP) is -3.40. The van der Waals surface area contributed by atoms with E-state index in [0.29, 0.717) is 0 Å². The van der Waals surface area contributed by atoms with E-state index in [0.717, 1.165) is 0 Å². The molecule has 2 unspecified atom stereocenters. The molecule has 0 aromatic heterocycles. The fourth-order valence-electron chi connectivity index (χ4n) is 4.06. The molecule has 16 N–H and O–H groups in total. The largest absolute Gasteiger partial charge is 0.370 e. The number of hydrogen-bond donors (Lipinski definition) is 12. The number of guanidine groups is 2. The van der Waals surface area contributed by atoms with Crippen LogP contribution in [0.1, 0.15) is 53.4 Å². The maximum atomic E-state index is 13.4. The second kappa shape index (κ2) is 23.4. The van der Waals surface area contributed by atoms with Crippen LogP contribution in [0.2, 0.25) is 0 Å². The Bertz CT molecular complexity index is 1150. The number of carbonyl (C=O) groups is 7. The number of Topliss-reactive ketones (excluding diaryl/α,β-unsaturated/α-hetero) is 3. The van der Waals surface area contributed by atoms with E-state index in [4.69, 9.17) is 57.0 Å². The van der Waals surface area contributed by atoms with Gasteiger partial charge in [0.05, 0.1) is 37.3 Å². The minimum Gasteiger partial charge on any atom is -0.370 e. The van der Waals surface area contributed by atoms with Gasteiger partial charge in [0.15, 0.2) is 40.0 Å². The smallest absolute Gasteiger partial charge is 0.239 e. The molecule has 0 heterocycles. The fourth-order valence-corrected chi connectivity index (χ4v) is 4.68. The van der Waals surface area contributed by atoms with Crippen molar-refractivity contribution in [1.82, 2.24) is 31.9 Å². The Labute approximate surface area is 301 Å². The summed E-state index contributed by atoms with van der Waals surface area (Å²) in [6.45, 7) is 6.01. The Hall–Kier alpha value is -4.07. The van der Waals surface area contributed by atoms with E-state index in [1.54, 1.807) is 27.7 Å². The zero-order valence-electron chi connectivity index (χ0n) is 28.7. The molecule has 0 saturated heterocycles. The van der Waals surface area contributed by atoms with Crippen molar-refractivity contribution in [3.8, 4) is 0 Å². The minimum atomic E-state index is -2.02. The molecule has 6 atom stereocenters. The Kier molecular flexibility index (Phi) is 21.5. The molecular weight excluding hydrogens is 699 g/mol. The molecule has 0 aliphatic heterocycles. The van der Waals surface area contributed by atoms with Crippen molar-refractivity contribution in [3.63, 3.8) is 0 Å². The van der Waals surface area contributed by atoms with Crippen molar-refractivity contribution in [2.75, 3.05) is 26.2 Å². The number of carbonyl (C=O) groups excluding carboxylic acids is 7. The van der Waals surface area contributed by atoms with E-state index in [1.165, 1.54) is 0 Å². The van der Waals surface area contributed by atoms with E-state index in [-0.39, 0.29) is 62.5 Å². The van der Waals surface area contributed by atoms with Crippen LogP contribution in [-0.2, 0) is 33.6 Å². The van der Waals surface area contributed by atoms with Gasteiger partial charge in [0, 0.05) is 13.1 Å². The average molecular weight is 752 g/mol. The first kappa shape index (κ1) is 45.9. The van der Waals surface area contributed by atoms with Gasteiger partial charge in [-0.25, -0.2) is 0 Å². The number of rotatable bonds is 24. The predicted molar refractivity (Wildman–Crippen MR) is 188 cm³/mol. The molecule has 0 fully saturated rings. The summed E-state index contributed by atoms with van der Waals surface area (Å²) in [5, 5.41) is 25.1. The summed E-state index contributed by atoms with van der Waals surface area (Å²) in [7, 11) is 0. The Morgan fingerprint density at radius 1 is 0.580 bits per heavy atom. The zero-order valence-corrected chi connectivity index (χ0v) is 30.2. The second-order valence-corrected chi connectivity index (χ2v) is 13.0. The number of alkyl halides is 2. The highest BCUT2D eigenvalue weighted by molar-refractivity contribution is 6.52. The van der Waals surface area contributed by atoms with Crippen molar-refractivity contribution in [2.24, 2.45) is 34.8 Å². The van der Waals surface area contributed by atoms with Crippen LogP contribution in [0.3, 0.4) is 0 Å². The first-order valence-corrected chi connectivity index (χ1v) is 16.8. The van der Waals surface area contributed by atoms with Gasteiger partial charge in [-0.1, -0.05) is 27.7 Å². The molecule has 0 bridgehead atoms. The van der Waals surface area contributed by atoms with Gasteiger partial charge >= 0.3 is 0 Å². The minimum absolute atomic E-state index is 0.0876. The summed E-state index contributed by atoms with van der Waals surface area (Å²) in [4.78, 5) is 89.7. The number of ketones is 3. The summed E-state index contributed by atoms with van der Waals surface area (Å²) in [5.41, 5.74) is 22.1. The van der Waals surface area contributed by atoms with Gasteiger partial charge < -0.3 is 54.8 Å². The third-order valence-corrected chi connectivity index (χ3v) is 8.08. The third kappa shape index (κ3) is 17.5. The summed E-state index contributed by atoms with van der Waals surface area (Å²) in [6, 6.07) is -4.54. The van der Waals surface area contributed by atoms with Gasteiger partial charge in [-0.05, 0) is 37.5 Å². The van der Waals surface area contributed by atoms with E-state index in [2.05, 4.69) is 31.9 Å². The fraction of sp³-hybridized carbons (Fsp3) is 0.690. The maximum Gasteiger partial charge on any atom is 0.239 e. The first-order valence-electron chi connectivity index (χ1n) is 15.9. The van der Waals surface area contributed by atoms with Crippen molar-refractivity contribution < 1.29 is 33.6 Å². The molecule has 0 rings (SSSR count). The van der Waals surface area contributed by atoms with Crippen LogP contribution >= 0.6 is 23.2 Å². The van der Waals surface area contributed by atoms with Crippen LogP contribution in [0, 0.1) is 22.7 Å². The molecule has 50 heavy (non-hydrogen) atoms. The molecule has 0 saturated carbocycles. The molecule has 0 aliphatic carbocycles. The van der Waals surface area contributed by atoms with Crippen molar-refractivity contribution in [1.29, 1.82) is 10.8 Å². The third-order valence-electron chi connectivity index (χ3n) is 7.21. The van der Waals surface area contributed by atoms with Gasteiger partial charge in [-0.2, -0.15) is 0 Å². The topological polar surface area (TPSA) is 343 Å². The maximum absolute atomic E-state index is 13.4. The summed E-state index contributed by atoms with van der Waals surface area (Å²) >= 11 is 12.5. The molecule has 0 radical (unpaired) electrons. The van der Waals surface area contributed by atoms with Crippen molar-refractivity contribution in [2.45, 2.75) is 88.3 Å². The number of nitrogens with one attached hydrogen (secondary N) is 8. The van der Waals surface area contributed by atoms with Gasteiger partial charge in [-0.15, -0.1) is 23.2 Å². The highest BCUT2D eigenvalue weighted by atomic mass is 35.5. The van der Waals surface area contributed by atoms with E-state index in [1.807, 2.05) is 0 Å². The first-order chi connectivity index (χ1) is 23.2. The lowest BCUT2D eigenvalue weighted by molar-refractivity contribution is -0.134. The Balaban J connectivity index is 5.83. The molecule has 0 aliphatic rings. The van der Waals surface area contributed by atoms with Crippen molar-refractivity contribution >= 4 is 76.1 Å². The summed E-state index contributed by atoms with van der Waals surface area (Å²) in [5.74, 6) is -7.14. The average Bonchev–Trinajstić information content (AvgIpc) is 3.05. The van der Waals surface area contributed by atoms with Crippen LogP contribution < -0.4 is 54.8 Å². The number of nitrogens with two attached hydrogens (primary N) is 4. The van der Waals surface area contributed by atoms with Crippen LogP contribution in [-0.4, -0.2) is 114 Å². The lowest BCUT2D eigenvalue weighted by Crippen LogP contribution is -2.54. The van der Waals surface area contributed by atoms with E-state index >= 15 is 0 Å². The number of halogens is 2. The van der Waals surface area contributed by atoms with E-state index < -0.39 is 89.0 Å². The highest BCUT2D eigenvalue weighted by Gasteiger charge is 2.39. The molecule has 0 spiro atoms. The quantitative estimate of drug-likeness (QED) is 0.0151. The van der Waals surface area contributed by atoms with Crippen LogP contribution in [0.4, 0.5) is 0 Å². The van der Waals surface area contributed by atoms with Crippen LogP contribution in [0.5, 0.6) is 0 Å². The molecule has 21 heteroatoms. The summed E-state index contributed by atoms with van der Waals surface area (Å²) < 4.78 is 0. The lowest BCUT2D eigenvalue weighted by Gasteiger charge is -2.23. The summed E-state index contributed by atoms with van der Waals surface area (Å²) in [6.07, 6.45) is 0.164. The van der Waals surface area contributed by atoms with Gasteiger partial charge in [0.1, 0.15) is 0 Å². The monoisotopic (exact) mass is 750 g/mol. The standard InChI is InChI=1S/C29H52Cl2N12O7/c1-13(2)21(32)26(49)40-11-17(44)42-15(7-5-9-38-28(34)35)23(46)19(30)25(48)20(31)24(47)16(8-6-10-39-29(36)37)43-18(45)12-41-27(50)22(33)14(3)4/h13-16,19-22H,5-12,32-33H2,1-4H3,(H,40,49)(H,41,50)(H,42,44)(H,43,45)(H4,34,35,38)(H4,36,37,39)/t15-,16-,19?,20?,21+,22+/m0/s1. The highest BCUT2D eigenvalue weighted by Crippen LogP contribution is 2.16. The van der Waals surface area contributed by atoms with Crippen molar-refractivity contribution in [3.05, 3.63) is 0 Å². The Morgan fingerprint density at radius 3 is 1.18 bits per heavy atom. The van der Waals surface area contributed by atoms with Crippen LogP contribution in [0.25, 0.3) is 0 Å². The SMILES string of the molecule is CC(C)[C@@H](N)C(=O)NCC(=O)N[C@@H](CCCNC(=N)N)C(=O)C(Cl)C(=O)C(Cl)C(=O)[C@H](CCCNC(=N)N)NC(=O)CNC(=O)[C@H](N)C(C)C. The molecule has 0 aromatic rings. The number of amides is 4. The van der Waals surface area contributed by atoms with E-state index in [9.17, 15) is 33.6 Å². The molecule has 284 valence electrons. The second-order valence-electron chi connectivity index (χ2n) is 12.1. The normalized spacial score (nSPS) is 14.6. The molecule has 19 nitrogen and oxygen atoms in total. The molecule has 0 aromatic carbocycles. The number of hydrogen-bond acceptors (Lipinski definition) is 11. The molecular formula is C29H52Cl2N12O7. The lowest BCUT2D eigenvalue weighted by atomic mass is 9.96.